The molecule has 3 nitrogen and oxygen atoms in total. The highest BCUT2D eigenvalue weighted by Gasteiger charge is 2.26. The summed E-state index contributed by atoms with van der Waals surface area (Å²) in [5.74, 6) is -0.402. The lowest BCUT2D eigenvalue weighted by atomic mass is 10.2. The fourth-order valence-corrected chi connectivity index (χ4v) is 2.90. The van der Waals surface area contributed by atoms with E-state index in [0.717, 1.165) is 10.6 Å². The maximum Gasteiger partial charge on any atom is 0.240 e. The van der Waals surface area contributed by atoms with Crippen molar-refractivity contribution in [3.05, 3.63) is 24.0 Å². The number of nitrogens with zero attached hydrogens (tertiary/aromatic N) is 1. The van der Waals surface area contributed by atoms with E-state index in [-0.39, 0.29) is 23.5 Å². The summed E-state index contributed by atoms with van der Waals surface area (Å²) in [5, 5.41) is 0.254. The van der Waals surface area contributed by atoms with Gasteiger partial charge in [-0.15, -0.1) is 11.8 Å². The molecule has 1 aromatic rings. The van der Waals surface area contributed by atoms with Crippen LogP contribution in [0.3, 0.4) is 0 Å². The summed E-state index contributed by atoms with van der Waals surface area (Å²) in [6, 6.07) is 4.47. The number of carbonyl (C=O) groups excluding carboxylic acids is 1. The molecule has 1 unspecified atom stereocenters. The van der Waals surface area contributed by atoms with Crippen LogP contribution in [0, 0.1) is 5.82 Å². The molecule has 1 amide bonds. The van der Waals surface area contributed by atoms with Crippen molar-refractivity contribution in [3.8, 4) is 0 Å². The van der Waals surface area contributed by atoms with Gasteiger partial charge in [0.2, 0.25) is 5.91 Å². The zero-order chi connectivity index (χ0) is 11.7. The van der Waals surface area contributed by atoms with E-state index in [0.29, 0.717) is 6.54 Å². The lowest BCUT2D eigenvalue weighted by molar-refractivity contribution is -0.117. The van der Waals surface area contributed by atoms with Crippen LogP contribution in [-0.2, 0) is 4.79 Å². The van der Waals surface area contributed by atoms with Crippen LogP contribution < -0.4 is 10.6 Å². The summed E-state index contributed by atoms with van der Waals surface area (Å²) >= 11 is 1.58. The number of nitrogens with two attached hydrogens (primary N) is 1. The number of benzene rings is 1. The van der Waals surface area contributed by atoms with Crippen molar-refractivity contribution in [2.75, 3.05) is 18.0 Å². The molecule has 5 heteroatoms. The highest BCUT2D eigenvalue weighted by molar-refractivity contribution is 8.00. The SMILES string of the molecule is CC1CN(C(=O)CN)c2ccc(F)cc2S1. The van der Waals surface area contributed by atoms with Crippen molar-refractivity contribution < 1.29 is 9.18 Å². The second-order valence-electron chi connectivity index (χ2n) is 3.75. The molecule has 86 valence electrons. The quantitative estimate of drug-likeness (QED) is 0.811. The molecule has 1 aliphatic rings. The van der Waals surface area contributed by atoms with Crippen molar-refractivity contribution in [1.29, 1.82) is 0 Å². The number of thioether (sulfide) groups is 1. The smallest absolute Gasteiger partial charge is 0.240 e. The highest BCUT2D eigenvalue weighted by atomic mass is 32.2. The molecule has 0 radical (unpaired) electrons. The molecule has 0 aliphatic carbocycles. The number of amides is 1. The average Bonchev–Trinajstić information content (AvgIpc) is 2.26. The van der Waals surface area contributed by atoms with E-state index in [1.807, 2.05) is 6.92 Å². The second-order valence-corrected chi connectivity index (χ2v) is 5.23. The number of fused-ring (bicyclic) bond motifs is 1. The van der Waals surface area contributed by atoms with E-state index in [1.54, 1.807) is 22.7 Å². The fourth-order valence-electron chi connectivity index (χ4n) is 1.76. The number of anilines is 1. The topological polar surface area (TPSA) is 46.3 Å². The van der Waals surface area contributed by atoms with E-state index >= 15 is 0 Å². The third-order valence-electron chi connectivity index (χ3n) is 2.46. The summed E-state index contributed by atoms with van der Waals surface area (Å²) in [7, 11) is 0. The Morgan fingerprint density at radius 3 is 3.12 bits per heavy atom. The van der Waals surface area contributed by atoms with Gasteiger partial charge in [0.15, 0.2) is 0 Å². The first kappa shape index (κ1) is 11.4. The number of halogens is 1. The fraction of sp³-hybridized carbons (Fsp3) is 0.364. The van der Waals surface area contributed by atoms with Crippen LogP contribution in [-0.4, -0.2) is 24.2 Å². The molecule has 0 spiro atoms. The van der Waals surface area contributed by atoms with Crippen molar-refractivity contribution >= 4 is 23.4 Å². The van der Waals surface area contributed by atoms with Crippen LogP contribution in [0.25, 0.3) is 0 Å². The van der Waals surface area contributed by atoms with Gasteiger partial charge in [0.25, 0.3) is 0 Å². The standard InChI is InChI=1S/C11H13FN2OS/c1-7-6-14(11(15)5-13)9-3-2-8(12)4-10(9)16-7/h2-4,7H,5-6,13H2,1H3. The van der Waals surface area contributed by atoms with Crippen LogP contribution in [0.5, 0.6) is 0 Å². The van der Waals surface area contributed by atoms with E-state index in [2.05, 4.69) is 0 Å². The molecule has 16 heavy (non-hydrogen) atoms. The highest BCUT2D eigenvalue weighted by Crippen LogP contribution is 2.38. The monoisotopic (exact) mass is 240 g/mol. The van der Waals surface area contributed by atoms with E-state index in [4.69, 9.17) is 5.73 Å². The molecule has 0 saturated carbocycles. The zero-order valence-electron chi connectivity index (χ0n) is 8.94. The molecule has 0 aromatic heterocycles. The largest absolute Gasteiger partial charge is 0.322 e. The van der Waals surface area contributed by atoms with Crippen LogP contribution in [0.2, 0.25) is 0 Å². The zero-order valence-corrected chi connectivity index (χ0v) is 9.76. The van der Waals surface area contributed by atoms with Crippen molar-refractivity contribution in [2.45, 2.75) is 17.1 Å². The van der Waals surface area contributed by atoms with Gasteiger partial charge in [0.05, 0.1) is 12.2 Å². The number of carbonyl (C=O) groups is 1. The van der Waals surface area contributed by atoms with Crippen LogP contribution in [0.4, 0.5) is 10.1 Å². The Balaban J connectivity index is 2.41. The van der Waals surface area contributed by atoms with E-state index < -0.39 is 0 Å². The molecule has 0 bridgehead atoms. The lowest BCUT2D eigenvalue weighted by Gasteiger charge is -2.32. The van der Waals surface area contributed by atoms with Gasteiger partial charge in [0.1, 0.15) is 5.82 Å². The molecule has 0 fully saturated rings. The van der Waals surface area contributed by atoms with Gasteiger partial charge in [-0.1, -0.05) is 6.92 Å². The summed E-state index contributed by atoms with van der Waals surface area (Å²) in [6.07, 6.45) is 0. The van der Waals surface area contributed by atoms with Gasteiger partial charge < -0.3 is 10.6 Å². The Morgan fingerprint density at radius 1 is 1.69 bits per heavy atom. The number of rotatable bonds is 1. The first-order chi connectivity index (χ1) is 7.61. The minimum Gasteiger partial charge on any atom is -0.322 e. The van der Waals surface area contributed by atoms with Gasteiger partial charge in [-0.3, -0.25) is 4.79 Å². The normalized spacial score (nSPS) is 19.4. The number of hydrogen-bond acceptors (Lipinski definition) is 3. The van der Waals surface area contributed by atoms with Gasteiger partial charge in [-0.25, -0.2) is 4.39 Å². The minimum absolute atomic E-state index is 0.0196. The van der Waals surface area contributed by atoms with Crippen molar-refractivity contribution in [1.82, 2.24) is 0 Å². The molecule has 1 aromatic carbocycles. The maximum absolute atomic E-state index is 13.1. The number of hydrogen-bond donors (Lipinski definition) is 1. The van der Waals surface area contributed by atoms with Crippen molar-refractivity contribution in [2.24, 2.45) is 5.73 Å². The third kappa shape index (κ3) is 2.05. The van der Waals surface area contributed by atoms with Gasteiger partial charge in [-0.05, 0) is 18.2 Å². The summed E-state index contributed by atoms with van der Waals surface area (Å²) < 4.78 is 13.1. The molecule has 2 rings (SSSR count). The van der Waals surface area contributed by atoms with Gasteiger partial charge >= 0.3 is 0 Å². The van der Waals surface area contributed by atoms with Crippen molar-refractivity contribution in [3.63, 3.8) is 0 Å². The Bertz CT molecular complexity index is 424. The van der Waals surface area contributed by atoms with Gasteiger partial charge in [-0.2, -0.15) is 0 Å². The molecular weight excluding hydrogens is 227 g/mol. The third-order valence-corrected chi connectivity index (χ3v) is 3.59. The summed E-state index contributed by atoms with van der Waals surface area (Å²) in [4.78, 5) is 14.1. The Labute approximate surface area is 97.8 Å². The van der Waals surface area contributed by atoms with Crippen LogP contribution >= 0.6 is 11.8 Å². The summed E-state index contributed by atoms with van der Waals surface area (Å²) in [5.41, 5.74) is 6.13. The first-order valence-electron chi connectivity index (χ1n) is 5.08. The minimum atomic E-state index is -0.277. The molecule has 1 heterocycles. The first-order valence-corrected chi connectivity index (χ1v) is 5.96. The molecule has 1 aliphatic heterocycles. The summed E-state index contributed by atoms with van der Waals surface area (Å²) in [6.45, 7) is 2.61. The molecule has 1 atom stereocenters. The van der Waals surface area contributed by atoms with E-state index in [9.17, 15) is 9.18 Å². The second kappa shape index (κ2) is 4.43. The van der Waals surface area contributed by atoms with Crippen LogP contribution in [0.15, 0.2) is 23.1 Å². The Morgan fingerprint density at radius 2 is 2.44 bits per heavy atom. The average molecular weight is 240 g/mol. The predicted molar refractivity (Wildman–Crippen MR) is 63.1 cm³/mol. The van der Waals surface area contributed by atoms with Gasteiger partial charge in [0, 0.05) is 16.7 Å². The Kier molecular flexibility index (Phi) is 3.16. The molecule has 2 N–H and O–H groups in total. The van der Waals surface area contributed by atoms with Crippen LogP contribution in [0.1, 0.15) is 6.92 Å². The molecular formula is C11H13FN2OS. The van der Waals surface area contributed by atoms with E-state index in [1.165, 1.54) is 12.1 Å². The molecule has 0 saturated heterocycles. The maximum atomic E-state index is 13.1. The lowest BCUT2D eigenvalue weighted by Crippen LogP contribution is -2.41. The Hall–Kier alpha value is -1.07. The predicted octanol–water partition coefficient (Wildman–Crippen LogP) is 1.61.